The summed E-state index contributed by atoms with van der Waals surface area (Å²) in [6, 6.07) is 32.1. The number of rotatable bonds is 8. The molecule has 1 aliphatic rings. The molecule has 8 heteroatoms. The van der Waals surface area contributed by atoms with Crippen LogP contribution in [0, 0.1) is 0 Å². The average molecular weight is 617 g/mol. The Hall–Kier alpha value is -3.29. The molecule has 5 rings (SSSR count). The van der Waals surface area contributed by atoms with Crippen LogP contribution < -0.4 is 21.4 Å². The molecule has 1 aromatic heterocycles. The Kier molecular flexibility index (Phi) is 8.52. The predicted molar refractivity (Wildman–Crippen MR) is 164 cm³/mol. The van der Waals surface area contributed by atoms with E-state index in [1.54, 1.807) is 41.1 Å². The molecular formula is C32H35N3O3SeSi. The second-order valence-corrected chi connectivity index (χ2v) is 18.5. The molecule has 0 unspecified atom stereocenters. The molecule has 0 radical (unpaired) electrons. The number of amides is 1. The van der Waals surface area contributed by atoms with Crippen molar-refractivity contribution in [1.29, 1.82) is 0 Å². The van der Waals surface area contributed by atoms with Crippen LogP contribution in [0.1, 0.15) is 48.9 Å². The third-order valence-electron chi connectivity index (χ3n) is 7.41. The van der Waals surface area contributed by atoms with Crippen molar-refractivity contribution in [2.45, 2.75) is 48.4 Å². The molecule has 1 aliphatic heterocycles. The van der Waals surface area contributed by atoms with Crippen LogP contribution >= 0.6 is 0 Å². The zero-order valence-electron chi connectivity index (χ0n) is 23.1. The van der Waals surface area contributed by atoms with Crippen molar-refractivity contribution in [3.05, 3.63) is 119 Å². The number of hydrogen-bond donors (Lipinski definition) is 1. The molecule has 3 aromatic carbocycles. The van der Waals surface area contributed by atoms with Gasteiger partial charge in [-0.15, -0.1) is 0 Å². The van der Waals surface area contributed by atoms with Crippen molar-refractivity contribution in [3.8, 4) is 0 Å². The third kappa shape index (κ3) is 5.91. The summed E-state index contributed by atoms with van der Waals surface area (Å²) in [5.74, 6) is -0.0111. The van der Waals surface area contributed by atoms with Gasteiger partial charge in [-0.3, -0.25) is 0 Å². The third-order valence-corrected chi connectivity index (χ3v) is 15.6. The molecule has 2 atom stereocenters. The van der Waals surface area contributed by atoms with Gasteiger partial charge in [0.05, 0.1) is 0 Å². The SMILES string of the molecule is CC(C)(C)[Si](OC[C@@H]1CC[C@H](n2ccc(NC(=O)c3ccccc3)nc2=O)[Se]1)(c1ccccc1)c1ccccc1. The van der Waals surface area contributed by atoms with E-state index in [0.717, 1.165) is 12.8 Å². The Morgan fingerprint density at radius 2 is 1.50 bits per heavy atom. The van der Waals surface area contributed by atoms with Gasteiger partial charge in [-0.2, -0.15) is 0 Å². The van der Waals surface area contributed by atoms with Gasteiger partial charge < -0.3 is 0 Å². The summed E-state index contributed by atoms with van der Waals surface area (Å²) in [6.07, 6.45) is 3.71. The molecule has 1 N–H and O–H groups in total. The van der Waals surface area contributed by atoms with Crippen LogP contribution in [0.15, 0.2) is 108 Å². The van der Waals surface area contributed by atoms with E-state index in [-0.39, 0.29) is 42.4 Å². The van der Waals surface area contributed by atoms with Gasteiger partial charge in [0.15, 0.2) is 0 Å². The summed E-state index contributed by atoms with van der Waals surface area (Å²) in [7, 11) is -2.59. The number of carbonyl (C=O) groups is 1. The normalized spacial score (nSPS) is 17.5. The van der Waals surface area contributed by atoms with Crippen molar-refractivity contribution in [2.24, 2.45) is 0 Å². The van der Waals surface area contributed by atoms with Crippen LogP contribution in [0.4, 0.5) is 5.82 Å². The fourth-order valence-corrected chi connectivity index (χ4v) is 13.3. The first kappa shape index (κ1) is 28.2. The van der Waals surface area contributed by atoms with E-state index in [2.05, 4.69) is 91.7 Å². The van der Waals surface area contributed by atoms with Crippen LogP contribution in [0.25, 0.3) is 0 Å². The summed E-state index contributed by atoms with van der Waals surface area (Å²) in [5.41, 5.74) is 0.197. The fraction of sp³-hybridized carbons (Fsp3) is 0.281. The zero-order chi connectivity index (χ0) is 28.2. The summed E-state index contributed by atoms with van der Waals surface area (Å²) in [5, 5.41) is 5.23. The van der Waals surface area contributed by atoms with E-state index in [1.165, 1.54) is 10.4 Å². The molecule has 1 amide bonds. The second-order valence-electron chi connectivity index (χ2n) is 11.1. The van der Waals surface area contributed by atoms with Crippen LogP contribution in [0.5, 0.6) is 0 Å². The van der Waals surface area contributed by atoms with E-state index in [4.69, 9.17) is 4.43 Å². The summed E-state index contributed by atoms with van der Waals surface area (Å²) in [4.78, 5) is 30.1. The van der Waals surface area contributed by atoms with Crippen LogP contribution in [-0.4, -0.2) is 45.3 Å². The molecule has 2 heterocycles. The average Bonchev–Trinajstić information content (AvgIpc) is 3.43. The topological polar surface area (TPSA) is 73.2 Å². The Balaban J connectivity index is 1.31. The molecule has 0 spiro atoms. The number of carbonyl (C=O) groups excluding carboxylic acids is 1. The van der Waals surface area contributed by atoms with E-state index < -0.39 is 8.32 Å². The number of hydrogen-bond acceptors (Lipinski definition) is 4. The number of benzene rings is 3. The molecule has 0 bridgehead atoms. The van der Waals surface area contributed by atoms with Gasteiger partial charge in [-0.1, -0.05) is 0 Å². The predicted octanol–water partition coefficient (Wildman–Crippen LogP) is 4.86. The van der Waals surface area contributed by atoms with Gasteiger partial charge in [0.2, 0.25) is 0 Å². The van der Waals surface area contributed by atoms with Crippen LogP contribution in [0.2, 0.25) is 9.85 Å². The molecule has 0 saturated carbocycles. The molecule has 4 aromatic rings. The van der Waals surface area contributed by atoms with E-state index >= 15 is 0 Å². The van der Waals surface area contributed by atoms with Gasteiger partial charge in [0.25, 0.3) is 0 Å². The monoisotopic (exact) mass is 617 g/mol. The molecule has 40 heavy (non-hydrogen) atoms. The number of aromatic nitrogens is 2. The van der Waals surface area contributed by atoms with Crippen molar-refractivity contribution < 1.29 is 9.22 Å². The van der Waals surface area contributed by atoms with Crippen LogP contribution in [0.3, 0.4) is 0 Å². The van der Waals surface area contributed by atoms with Crippen molar-refractivity contribution in [2.75, 3.05) is 11.9 Å². The first-order valence-electron chi connectivity index (χ1n) is 13.6. The quantitative estimate of drug-likeness (QED) is 0.287. The van der Waals surface area contributed by atoms with E-state index in [9.17, 15) is 9.59 Å². The Bertz CT molecular complexity index is 1450. The maximum absolute atomic E-state index is 13.0. The van der Waals surface area contributed by atoms with Crippen LogP contribution in [-0.2, 0) is 4.43 Å². The number of anilines is 1. The molecule has 1 saturated heterocycles. The Labute approximate surface area is 243 Å². The van der Waals surface area contributed by atoms with Crippen molar-refractivity contribution in [3.63, 3.8) is 0 Å². The first-order chi connectivity index (χ1) is 19.3. The van der Waals surface area contributed by atoms with Gasteiger partial charge in [-0.05, 0) is 0 Å². The number of nitrogens with zero attached hydrogens (tertiary/aromatic N) is 2. The summed E-state index contributed by atoms with van der Waals surface area (Å²) < 4.78 is 8.91. The minimum absolute atomic E-state index is 0.0679. The van der Waals surface area contributed by atoms with Gasteiger partial charge in [0.1, 0.15) is 0 Å². The van der Waals surface area contributed by atoms with E-state index in [1.807, 2.05) is 6.07 Å². The number of nitrogens with one attached hydrogen (secondary N) is 1. The van der Waals surface area contributed by atoms with Crippen molar-refractivity contribution in [1.82, 2.24) is 9.55 Å². The maximum atomic E-state index is 13.0. The molecule has 1 fully saturated rings. The van der Waals surface area contributed by atoms with Crippen molar-refractivity contribution >= 4 is 45.4 Å². The summed E-state index contributed by atoms with van der Waals surface area (Å²) in [6.45, 7) is 7.57. The Morgan fingerprint density at radius 1 is 0.925 bits per heavy atom. The van der Waals surface area contributed by atoms with Gasteiger partial charge in [0, 0.05) is 0 Å². The zero-order valence-corrected chi connectivity index (χ0v) is 25.8. The fourth-order valence-electron chi connectivity index (χ4n) is 5.47. The Morgan fingerprint density at radius 3 is 2.05 bits per heavy atom. The molecule has 206 valence electrons. The van der Waals surface area contributed by atoms with E-state index in [0.29, 0.717) is 17.0 Å². The standard InChI is InChI=1S/C32H35N3O3SeSi/c1-32(2,3)40(26-15-9-5-10-16-26,27-17-11-6-12-18-27)38-23-25-19-20-29(39-25)35-22-21-28(34-31(35)37)33-30(36)24-13-7-4-8-14-24/h4-18,21-22,25,29H,19-20,23H2,1-3H3,(H,33,34,36,37)/t25-,29+/m0/s1. The second kappa shape index (κ2) is 12.1. The van der Waals surface area contributed by atoms with Gasteiger partial charge >= 0.3 is 244 Å². The molecule has 0 aliphatic carbocycles. The molecule has 6 nitrogen and oxygen atoms in total. The minimum atomic E-state index is -2.59. The summed E-state index contributed by atoms with van der Waals surface area (Å²) >= 11 is 0.172. The first-order valence-corrected chi connectivity index (χ1v) is 17.5. The molecular weight excluding hydrogens is 581 g/mol. The van der Waals surface area contributed by atoms with Gasteiger partial charge in [-0.25, -0.2) is 0 Å².